The zero-order chi connectivity index (χ0) is 17.9. The minimum absolute atomic E-state index is 0.00386. The first kappa shape index (κ1) is 17.5. The van der Waals surface area contributed by atoms with Crippen LogP contribution in [0.1, 0.15) is 30.7 Å². The largest absolute Gasteiger partial charge is 0.340 e. The van der Waals surface area contributed by atoms with E-state index in [0.29, 0.717) is 12.3 Å². The van der Waals surface area contributed by atoms with Crippen LogP contribution in [-0.4, -0.2) is 67.4 Å². The van der Waals surface area contributed by atoms with E-state index in [0.717, 1.165) is 69.9 Å². The van der Waals surface area contributed by atoms with Crippen molar-refractivity contribution in [2.24, 2.45) is 5.92 Å². The lowest BCUT2D eigenvalue weighted by Crippen LogP contribution is -2.47. The van der Waals surface area contributed by atoms with Crippen LogP contribution in [0.5, 0.6) is 0 Å². The zero-order valence-electron chi connectivity index (χ0n) is 15.2. The molecule has 0 radical (unpaired) electrons. The van der Waals surface area contributed by atoms with E-state index in [4.69, 9.17) is 0 Å². The normalized spacial score (nSPS) is 24.4. The van der Waals surface area contributed by atoms with Gasteiger partial charge in [0, 0.05) is 44.8 Å². The summed E-state index contributed by atoms with van der Waals surface area (Å²) in [5.74, 6) is 0.825. The Morgan fingerprint density at radius 2 is 1.81 bits per heavy atom. The number of rotatable bonds is 4. The molecule has 26 heavy (non-hydrogen) atoms. The molecule has 0 aromatic heterocycles. The quantitative estimate of drug-likeness (QED) is 0.852. The highest BCUT2D eigenvalue weighted by Crippen LogP contribution is 2.41. The molecule has 2 saturated heterocycles. The summed E-state index contributed by atoms with van der Waals surface area (Å²) in [4.78, 5) is 29.1. The molecule has 0 bridgehead atoms. The Morgan fingerprint density at radius 3 is 2.58 bits per heavy atom. The van der Waals surface area contributed by atoms with Crippen molar-refractivity contribution in [2.75, 3.05) is 51.1 Å². The van der Waals surface area contributed by atoms with E-state index in [1.807, 2.05) is 23.1 Å². The predicted octanol–water partition coefficient (Wildman–Crippen LogP) is 1.26. The molecule has 1 aromatic carbocycles. The third-order valence-electron chi connectivity index (χ3n) is 6.05. The van der Waals surface area contributed by atoms with E-state index >= 15 is 0 Å². The van der Waals surface area contributed by atoms with Gasteiger partial charge in [0.2, 0.25) is 11.8 Å². The number of piperazine rings is 1. The van der Waals surface area contributed by atoms with E-state index in [2.05, 4.69) is 21.6 Å². The molecule has 1 atom stereocenters. The van der Waals surface area contributed by atoms with Gasteiger partial charge in [-0.25, -0.2) is 0 Å². The van der Waals surface area contributed by atoms with Crippen molar-refractivity contribution in [1.29, 1.82) is 0 Å². The van der Waals surface area contributed by atoms with Gasteiger partial charge in [0.15, 0.2) is 0 Å². The van der Waals surface area contributed by atoms with E-state index in [-0.39, 0.29) is 17.7 Å². The molecular weight excluding hydrogens is 328 g/mol. The van der Waals surface area contributed by atoms with Gasteiger partial charge in [-0.3, -0.25) is 9.59 Å². The van der Waals surface area contributed by atoms with Crippen molar-refractivity contribution in [3.8, 4) is 0 Å². The molecule has 0 aliphatic carbocycles. The summed E-state index contributed by atoms with van der Waals surface area (Å²) >= 11 is 0. The average Bonchev–Trinajstić information content (AvgIpc) is 3.03. The van der Waals surface area contributed by atoms with Crippen LogP contribution in [0.25, 0.3) is 0 Å². The van der Waals surface area contributed by atoms with Crippen molar-refractivity contribution < 1.29 is 9.59 Å². The lowest BCUT2D eigenvalue weighted by atomic mass is 9.81. The van der Waals surface area contributed by atoms with Crippen molar-refractivity contribution >= 4 is 17.5 Å². The highest BCUT2D eigenvalue weighted by Gasteiger charge is 2.38. The maximum absolute atomic E-state index is 12.4. The van der Waals surface area contributed by atoms with Crippen molar-refractivity contribution in [2.45, 2.75) is 25.2 Å². The topological polar surface area (TPSA) is 64.7 Å². The number of piperidine rings is 1. The maximum Gasteiger partial charge on any atom is 0.232 e. The van der Waals surface area contributed by atoms with Crippen molar-refractivity contribution in [3.63, 3.8) is 0 Å². The number of likely N-dealkylation sites (tertiary alicyclic amines) is 1. The fourth-order valence-corrected chi connectivity index (χ4v) is 4.54. The van der Waals surface area contributed by atoms with Gasteiger partial charge < -0.3 is 20.4 Å². The molecule has 1 aromatic rings. The maximum atomic E-state index is 12.4. The molecule has 6 heteroatoms. The third-order valence-corrected chi connectivity index (χ3v) is 6.05. The molecule has 4 rings (SSSR count). The molecule has 2 fully saturated rings. The smallest absolute Gasteiger partial charge is 0.232 e. The van der Waals surface area contributed by atoms with Gasteiger partial charge in [0.25, 0.3) is 0 Å². The van der Waals surface area contributed by atoms with Gasteiger partial charge in [0.05, 0.1) is 5.92 Å². The molecule has 140 valence electrons. The number of benzene rings is 1. The SMILES string of the molecule is O=C1Nc2ccccc2C1C1CCN(CCC(=O)N2CCNCC2)CC1. The molecule has 3 aliphatic heterocycles. The number of nitrogens with one attached hydrogen (secondary N) is 2. The van der Waals surface area contributed by atoms with Gasteiger partial charge in [-0.05, 0) is 43.5 Å². The number of para-hydroxylation sites is 1. The molecule has 1 unspecified atom stereocenters. The molecule has 2 N–H and O–H groups in total. The van der Waals surface area contributed by atoms with Crippen molar-refractivity contribution in [1.82, 2.24) is 15.1 Å². The molecule has 3 heterocycles. The summed E-state index contributed by atoms with van der Waals surface area (Å²) in [5, 5.41) is 6.30. The fraction of sp³-hybridized carbons (Fsp3) is 0.600. The van der Waals surface area contributed by atoms with Crippen LogP contribution in [0.15, 0.2) is 24.3 Å². The summed E-state index contributed by atoms with van der Waals surface area (Å²) in [6.45, 7) is 6.26. The first-order valence-corrected chi connectivity index (χ1v) is 9.83. The summed E-state index contributed by atoms with van der Waals surface area (Å²) in [5.41, 5.74) is 2.14. The number of nitrogens with zero attached hydrogens (tertiary/aromatic N) is 2. The van der Waals surface area contributed by atoms with Crippen molar-refractivity contribution in [3.05, 3.63) is 29.8 Å². The number of hydrogen-bond donors (Lipinski definition) is 2. The Labute approximate surface area is 154 Å². The van der Waals surface area contributed by atoms with Gasteiger partial charge in [-0.1, -0.05) is 18.2 Å². The summed E-state index contributed by atoms with van der Waals surface area (Å²) in [7, 11) is 0. The monoisotopic (exact) mass is 356 g/mol. The molecule has 0 spiro atoms. The van der Waals surface area contributed by atoms with Crippen LogP contribution in [0.2, 0.25) is 0 Å². The van der Waals surface area contributed by atoms with Gasteiger partial charge in [-0.15, -0.1) is 0 Å². The summed E-state index contributed by atoms with van der Waals surface area (Å²) < 4.78 is 0. The Hall–Kier alpha value is -1.92. The second-order valence-electron chi connectivity index (χ2n) is 7.61. The third kappa shape index (κ3) is 3.62. The van der Waals surface area contributed by atoms with Gasteiger partial charge in [-0.2, -0.15) is 0 Å². The number of amides is 2. The lowest BCUT2D eigenvalue weighted by molar-refractivity contribution is -0.132. The fourth-order valence-electron chi connectivity index (χ4n) is 4.54. The van der Waals surface area contributed by atoms with Crippen LogP contribution in [0, 0.1) is 5.92 Å². The lowest BCUT2D eigenvalue weighted by Gasteiger charge is -2.34. The first-order valence-electron chi connectivity index (χ1n) is 9.83. The molecule has 2 amide bonds. The van der Waals surface area contributed by atoms with E-state index in [1.54, 1.807) is 0 Å². The van der Waals surface area contributed by atoms with Crippen LogP contribution in [0.4, 0.5) is 5.69 Å². The van der Waals surface area contributed by atoms with Crippen LogP contribution in [0.3, 0.4) is 0 Å². The van der Waals surface area contributed by atoms with E-state index in [9.17, 15) is 9.59 Å². The minimum Gasteiger partial charge on any atom is -0.340 e. The Bertz CT molecular complexity index is 664. The summed E-state index contributed by atoms with van der Waals surface area (Å²) in [6.07, 6.45) is 2.65. The first-order chi connectivity index (χ1) is 12.7. The highest BCUT2D eigenvalue weighted by molar-refractivity contribution is 6.03. The Morgan fingerprint density at radius 1 is 1.08 bits per heavy atom. The number of hydrogen-bond acceptors (Lipinski definition) is 4. The Balaban J connectivity index is 1.27. The van der Waals surface area contributed by atoms with Gasteiger partial charge >= 0.3 is 0 Å². The number of fused-ring (bicyclic) bond motifs is 1. The number of carbonyl (C=O) groups excluding carboxylic acids is 2. The number of carbonyl (C=O) groups is 2. The molecule has 3 aliphatic rings. The van der Waals surface area contributed by atoms with Crippen LogP contribution in [-0.2, 0) is 9.59 Å². The van der Waals surface area contributed by atoms with E-state index in [1.165, 1.54) is 0 Å². The number of anilines is 1. The molecule has 0 saturated carbocycles. The zero-order valence-corrected chi connectivity index (χ0v) is 15.2. The van der Waals surface area contributed by atoms with Crippen LogP contribution >= 0.6 is 0 Å². The second kappa shape index (κ2) is 7.76. The second-order valence-corrected chi connectivity index (χ2v) is 7.61. The van der Waals surface area contributed by atoms with Gasteiger partial charge in [0.1, 0.15) is 0 Å². The average molecular weight is 356 g/mol. The molecular formula is C20H28N4O2. The highest BCUT2D eigenvalue weighted by atomic mass is 16.2. The Kier molecular flexibility index (Phi) is 5.22. The summed E-state index contributed by atoms with van der Waals surface area (Å²) in [6, 6.07) is 8.06. The molecule has 6 nitrogen and oxygen atoms in total. The minimum atomic E-state index is -0.00386. The van der Waals surface area contributed by atoms with Crippen LogP contribution < -0.4 is 10.6 Å². The predicted molar refractivity (Wildman–Crippen MR) is 101 cm³/mol. The standard InChI is InChI=1S/C20H28N4O2/c25-18(24-13-8-21-9-14-24)7-12-23-10-5-15(6-11-23)19-16-3-1-2-4-17(16)22-20(19)26/h1-4,15,19,21H,5-14H2,(H,22,26). The van der Waals surface area contributed by atoms with E-state index < -0.39 is 0 Å².